The molecule has 5 rings (SSSR count). The number of ketones is 1. The minimum atomic E-state index is -0.343. The largest absolute Gasteiger partial charge is 0.354 e. The number of aromatic nitrogens is 1. The molecule has 0 spiro atoms. The topological polar surface area (TPSA) is 36.4 Å². The lowest BCUT2D eigenvalue weighted by Gasteiger charge is -2.35. The van der Waals surface area contributed by atoms with Gasteiger partial charge in [0.05, 0.1) is 5.52 Å². The van der Waals surface area contributed by atoms with E-state index in [1.807, 2.05) is 24.3 Å². The molecule has 0 N–H and O–H groups in total. The second-order valence-electron chi connectivity index (χ2n) is 7.67. The Labute approximate surface area is 175 Å². The number of pyridine rings is 1. The Bertz CT molecular complexity index is 1030. The fourth-order valence-corrected chi connectivity index (χ4v) is 3.96. The van der Waals surface area contributed by atoms with Gasteiger partial charge in [-0.3, -0.25) is 9.69 Å². The van der Waals surface area contributed by atoms with Gasteiger partial charge in [-0.25, -0.2) is 9.37 Å². The number of nitrogens with zero attached hydrogens (tertiary/aromatic N) is 3. The molecule has 1 saturated heterocycles. The van der Waals surface area contributed by atoms with Crippen molar-refractivity contribution in [3.8, 4) is 0 Å². The average Bonchev–Trinajstić information content (AvgIpc) is 3.59. The lowest BCUT2D eigenvalue weighted by molar-refractivity contribution is 0.103. The minimum Gasteiger partial charge on any atom is -0.354 e. The molecule has 1 aromatic heterocycles. The van der Waals surface area contributed by atoms with Gasteiger partial charge >= 0.3 is 0 Å². The third kappa shape index (κ3) is 4.11. The SMILES string of the molecule is Cl.O=C(c1ccc(F)cc1)c1ccc2nc(N3CCN(C4CC4)CC3)ccc2c1. The highest BCUT2D eigenvalue weighted by Gasteiger charge is 2.31. The Hall–Kier alpha value is -2.50. The summed E-state index contributed by atoms with van der Waals surface area (Å²) in [5.74, 6) is 0.549. The summed E-state index contributed by atoms with van der Waals surface area (Å²) in [6.07, 6.45) is 2.71. The molecule has 0 unspecified atom stereocenters. The van der Waals surface area contributed by atoms with E-state index in [-0.39, 0.29) is 24.0 Å². The van der Waals surface area contributed by atoms with Gasteiger partial charge in [-0.15, -0.1) is 12.4 Å². The third-order valence-corrected chi connectivity index (χ3v) is 5.74. The Kier molecular flexibility index (Phi) is 5.52. The van der Waals surface area contributed by atoms with E-state index in [1.54, 1.807) is 6.07 Å². The van der Waals surface area contributed by atoms with Crippen LogP contribution in [0.2, 0.25) is 0 Å². The zero-order valence-corrected chi connectivity index (χ0v) is 16.9. The quantitative estimate of drug-likeness (QED) is 0.599. The highest BCUT2D eigenvalue weighted by atomic mass is 35.5. The van der Waals surface area contributed by atoms with Crippen LogP contribution in [0.3, 0.4) is 0 Å². The summed E-state index contributed by atoms with van der Waals surface area (Å²) in [6, 6.07) is 16.1. The highest BCUT2D eigenvalue weighted by molar-refractivity contribution is 6.10. The highest BCUT2D eigenvalue weighted by Crippen LogP contribution is 2.28. The molecule has 1 aliphatic carbocycles. The van der Waals surface area contributed by atoms with E-state index in [9.17, 15) is 9.18 Å². The van der Waals surface area contributed by atoms with Gasteiger partial charge in [-0.05, 0) is 67.4 Å². The lowest BCUT2D eigenvalue weighted by atomic mass is 10.0. The van der Waals surface area contributed by atoms with Gasteiger partial charge in [0, 0.05) is 48.7 Å². The molecular formula is C23H23ClFN3O. The Morgan fingerprint density at radius 3 is 2.28 bits per heavy atom. The molecule has 3 aromatic rings. The van der Waals surface area contributed by atoms with Crippen molar-refractivity contribution < 1.29 is 9.18 Å². The van der Waals surface area contributed by atoms with E-state index in [1.165, 1.54) is 37.1 Å². The number of rotatable bonds is 4. The molecule has 0 amide bonds. The third-order valence-electron chi connectivity index (χ3n) is 5.74. The Balaban J connectivity index is 0.00000205. The summed E-state index contributed by atoms with van der Waals surface area (Å²) in [6.45, 7) is 4.23. The first-order valence-electron chi connectivity index (χ1n) is 9.87. The van der Waals surface area contributed by atoms with Crippen molar-refractivity contribution in [2.24, 2.45) is 0 Å². The Morgan fingerprint density at radius 1 is 0.897 bits per heavy atom. The molecule has 2 aliphatic rings. The van der Waals surface area contributed by atoms with Crippen LogP contribution < -0.4 is 4.90 Å². The van der Waals surface area contributed by atoms with Gasteiger partial charge in [-0.1, -0.05) is 0 Å². The van der Waals surface area contributed by atoms with Crippen LogP contribution in [0, 0.1) is 5.82 Å². The first-order chi connectivity index (χ1) is 13.7. The zero-order chi connectivity index (χ0) is 19.1. The molecule has 0 atom stereocenters. The molecule has 2 fully saturated rings. The van der Waals surface area contributed by atoms with Gasteiger partial charge in [0.25, 0.3) is 0 Å². The summed E-state index contributed by atoms with van der Waals surface area (Å²) in [7, 11) is 0. The second kappa shape index (κ2) is 8.09. The lowest BCUT2D eigenvalue weighted by Crippen LogP contribution is -2.47. The monoisotopic (exact) mass is 411 g/mol. The van der Waals surface area contributed by atoms with E-state index in [4.69, 9.17) is 4.98 Å². The van der Waals surface area contributed by atoms with Crippen molar-refractivity contribution in [2.45, 2.75) is 18.9 Å². The number of carbonyl (C=O) groups is 1. The van der Waals surface area contributed by atoms with Crippen LogP contribution in [0.1, 0.15) is 28.8 Å². The number of hydrogen-bond acceptors (Lipinski definition) is 4. The fraction of sp³-hybridized carbons (Fsp3) is 0.304. The first kappa shape index (κ1) is 19.8. The van der Waals surface area contributed by atoms with Crippen molar-refractivity contribution >= 4 is 34.9 Å². The molecule has 2 aromatic carbocycles. The van der Waals surface area contributed by atoms with Gasteiger partial charge in [0.1, 0.15) is 11.6 Å². The molecule has 0 radical (unpaired) electrons. The maximum absolute atomic E-state index is 13.1. The van der Waals surface area contributed by atoms with E-state index < -0.39 is 0 Å². The molecule has 1 saturated carbocycles. The van der Waals surface area contributed by atoms with Crippen LogP contribution in [0.5, 0.6) is 0 Å². The maximum Gasteiger partial charge on any atom is 0.193 e. The normalized spacial score (nSPS) is 17.2. The van der Waals surface area contributed by atoms with Gasteiger partial charge in [0.2, 0.25) is 0 Å². The second-order valence-corrected chi connectivity index (χ2v) is 7.67. The number of benzene rings is 2. The number of fused-ring (bicyclic) bond motifs is 1. The van der Waals surface area contributed by atoms with Crippen LogP contribution in [-0.4, -0.2) is 47.9 Å². The maximum atomic E-state index is 13.1. The van der Waals surface area contributed by atoms with Crippen LogP contribution >= 0.6 is 12.4 Å². The molecule has 0 bridgehead atoms. The predicted molar refractivity (Wildman–Crippen MR) is 116 cm³/mol. The molecular weight excluding hydrogens is 389 g/mol. The number of carbonyl (C=O) groups excluding carboxylic acids is 1. The van der Waals surface area contributed by atoms with Crippen molar-refractivity contribution in [3.63, 3.8) is 0 Å². The number of halogens is 2. The van der Waals surface area contributed by atoms with E-state index in [0.717, 1.165) is 48.9 Å². The van der Waals surface area contributed by atoms with Crippen LogP contribution in [0.4, 0.5) is 10.2 Å². The molecule has 29 heavy (non-hydrogen) atoms. The summed E-state index contributed by atoms with van der Waals surface area (Å²) in [5.41, 5.74) is 1.96. The van der Waals surface area contributed by atoms with Gasteiger partial charge in [-0.2, -0.15) is 0 Å². The summed E-state index contributed by atoms with van der Waals surface area (Å²) in [5, 5.41) is 0.938. The molecule has 2 heterocycles. The smallest absolute Gasteiger partial charge is 0.193 e. The fourth-order valence-electron chi connectivity index (χ4n) is 3.96. The number of piperazine rings is 1. The van der Waals surface area contributed by atoms with Crippen LogP contribution in [-0.2, 0) is 0 Å². The average molecular weight is 412 g/mol. The van der Waals surface area contributed by atoms with Crippen molar-refractivity contribution in [1.82, 2.24) is 9.88 Å². The van der Waals surface area contributed by atoms with E-state index in [2.05, 4.69) is 9.80 Å². The molecule has 1 aliphatic heterocycles. The summed E-state index contributed by atoms with van der Waals surface area (Å²) in [4.78, 5) is 22.4. The predicted octanol–water partition coefficient (Wildman–Crippen LogP) is 4.31. The van der Waals surface area contributed by atoms with Crippen molar-refractivity contribution in [3.05, 3.63) is 71.5 Å². The number of anilines is 1. The molecule has 6 heteroatoms. The van der Waals surface area contributed by atoms with Gasteiger partial charge in [0.15, 0.2) is 5.78 Å². The minimum absolute atomic E-state index is 0. The van der Waals surface area contributed by atoms with Crippen LogP contribution in [0.15, 0.2) is 54.6 Å². The first-order valence-corrected chi connectivity index (χ1v) is 9.87. The zero-order valence-electron chi connectivity index (χ0n) is 16.1. The summed E-state index contributed by atoms with van der Waals surface area (Å²) >= 11 is 0. The number of hydrogen-bond donors (Lipinski definition) is 0. The molecule has 150 valence electrons. The van der Waals surface area contributed by atoms with Crippen molar-refractivity contribution in [2.75, 3.05) is 31.1 Å². The Morgan fingerprint density at radius 2 is 1.59 bits per heavy atom. The summed E-state index contributed by atoms with van der Waals surface area (Å²) < 4.78 is 13.1. The van der Waals surface area contributed by atoms with Crippen LogP contribution in [0.25, 0.3) is 10.9 Å². The van der Waals surface area contributed by atoms with Gasteiger partial charge < -0.3 is 4.90 Å². The van der Waals surface area contributed by atoms with Crippen molar-refractivity contribution in [1.29, 1.82) is 0 Å². The van der Waals surface area contributed by atoms with E-state index in [0.29, 0.717) is 11.1 Å². The molecule has 4 nitrogen and oxygen atoms in total. The standard InChI is InChI=1S/C23H22FN3O.ClH/c24-19-5-1-16(2-6-19)23(28)18-3-9-21-17(15-18)4-10-22(25-21)27-13-11-26(12-14-27)20-7-8-20;/h1-6,9-10,15,20H,7-8,11-14H2;1H. The van der Waals surface area contributed by atoms with E-state index >= 15 is 0 Å².